The van der Waals surface area contributed by atoms with Gasteiger partial charge >= 0.3 is 6.03 Å². The van der Waals surface area contributed by atoms with E-state index in [2.05, 4.69) is 15.6 Å². The van der Waals surface area contributed by atoms with Gasteiger partial charge in [0.2, 0.25) is 5.91 Å². The number of rotatable bonds is 3. The molecule has 1 aromatic heterocycles. The van der Waals surface area contributed by atoms with E-state index in [-0.39, 0.29) is 12.3 Å². The summed E-state index contributed by atoms with van der Waals surface area (Å²) in [6.07, 6.45) is 0.202. The van der Waals surface area contributed by atoms with Gasteiger partial charge < -0.3 is 11.1 Å². The van der Waals surface area contributed by atoms with E-state index in [1.54, 1.807) is 12.4 Å². The Bertz CT molecular complexity index is 349. The summed E-state index contributed by atoms with van der Waals surface area (Å²) in [6, 6.07) is -0.661. The molecule has 0 atom stereocenters. The van der Waals surface area contributed by atoms with Crippen molar-refractivity contribution in [2.45, 2.75) is 6.42 Å². The largest absolute Gasteiger partial charge is 0.359 e. The van der Waals surface area contributed by atoms with Crippen molar-refractivity contribution >= 4 is 28.4 Å². The Morgan fingerprint density at radius 1 is 1.64 bits per heavy atom. The highest BCUT2D eigenvalue weighted by atomic mass is 32.1. The van der Waals surface area contributed by atoms with Crippen LogP contribution in [0.3, 0.4) is 0 Å². The van der Waals surface area contributed by atoms with Crippen LogP contribution in [0.25, 0.3) is 0 Å². The highest BCUT2D eigenvalue weighted by molar-refractivity contribution is 7.13. The lowest BCUT2D eigenvalue weighted by molar-refractivity contribution is -0.120. The minimum atomic E-state index is -0.661. The molecule has 0 saturated heterocycles. The Morgan fingerprint density at radius 2 is 2.36 bits per heavy atom. The van der Waals surface area contributed by atoms with Gasteiger partial charge in [0.25, 0.3) is 0 Å². The number of urea groups is 1. The summed E-state index contributed by atoms with van der Waals surface area (Å²) >= 11 is 1.23. The lowest BCUT2D eigenvalue weighted by Crippen LogP contribution is -2.21. The average molecular weight is 214 g/mol. The Labute approximate surface area is 84.5 Å². The van der Waals surface area contributed by atoms with Crippen molar-refractivity contribution in [1.29, 1.82) is 0 Å². The molecule has 0 aliphatic heterocycles. The number of carbonyl (C=O) groups is 2. The van der Waals surface area contributed by atoms with Gasteiger partial charge in [-0.05, 0) is 0 Å². The van der Waals surface area contributed by atoms with Crippen LogP contribution in [0, 0.1) is 0 Å². The number of aromatic nitrogens is 1. The van der Waals surface area contributed by atoms with Gasteiger partial charge in [-0.25, -0.2) is 9.78 Å². The third-order valence-corrected chi connectivity index (χ3v) is 2.21. The van der Waals surface area contributed by atoms with Crippen LogP contribution < -0.4 is 16.4 Å². The number of nitrogens with zero attached hydrogens (tertiary/aromatic N) is 1. The zero-order valence-electron chi connectivity index (χ0n) is 7.53. The first-order valence-corrected chi connectivity index (χ1v) is 4.71. The van der Waals surface area contributed by atoms with E-state index in [0.29, 0.717) is 10.8 Å². The van der Waals surface area contributed by atoms with Gasteiger partial charge in [0.1, 0.15) is 0 Å². The van der Waals surface area contributed by atoms with E-state index in [1.165, 1.54) is 11.3 Å². The van der Waals surface area contributed by atoms with Crippen LogP contribution in [-0.4, -0.2) is 24.0 Å². The molecule has 0 spiro atoms. The molecule has 0 unspecified atom stereocenters. The normalized spacial score (nSPS) is 9.50. The third-order valence-electron chi connectivity index (χ3n) is 1.40. The maximum absolute atomic E-state index is 11.0. The van der Waals surface area contributed by atoms with Gasteiger partial charge in [0, 0.05) is 12.4 Å². The molecule has 3 amide bonds. The smallest absolute Gasteiger partial charge is 0.318 e. The molecule has 1 heterocycles. The number of thiazole rings is 1. The van der Waals surface area contributed by atoms with Gasteiger partial charge in [-0.1, -0.05) is 0 Å². The van der Waals surface area contributed by atoms with Crippen LogP contribution in [0.4, 0.5) is 9.93 Å². The fourth-order valence-electron chi connectivity index (χ4n) is 0.804. The first-order valence-electron chi connectivity index (χ1n) is 3.83. The van der Waals surface area contributed by atoms with Gasteiger partial charge in [-0.15, -0.1) is 11.3 Å². The summed E-state index contributed by atoms with van der Waals surface area (Å²) in [5, 5.41) is 6.90. The Hall–Kier alpha value is -1.63. The first-order chi connectivity index (χ1) is 6.61. The summed E-state index contributed by atoms with van der Waals surface area (Å²) in [4.78, 5) is 25.4. The van der Waals surface area contributed by atoms with Crippen LogP contribution in [0.2, 0.25) is 0 Å². The fourth-order valence-corrected chi connectivity index (χ4v) is 1.52. The fraction of sp³-hybridized carbons (Fsp3) is 0.286. The Kier molecular flexibility index (Phi) is 3.41. The topological polar surface area (TPSA) is 97.1 Å². The second-order valence-electron chi connectivity index (χ2n) is 2.48. The van der Waals surface area contributed by atoms with E-state index in [9.17, 15) is 9.59 Å². The summed E-state index contributed by atoms with van der Waals surface area (Å²) in [6.45, 7) is 0. The van der Waals surface area contributed by atoms with Crippen molar-refractivity contribution in [2.75, 3.05) is 12.4 Å². The monoisotopic (exact) mass is 214 g/mol. The number of anilines is 1. The van der Waals surface area contributed by atoms with E-state index in [0.717, 1.165) is 0 Å². The predicted molar refractivity (Wildman–Crippen MR) is 53.1 cm³/mol. The quantitative estimate of drug-likeness (QED) is 0.656. The van der Waals surface area contributed by atoms with Crippen LogP contribution in [0.5, 0.6) is 0 Å². The van der Waals surface area contributed by atoms with Crippen LogP contribution >= 0.6 is 11.3 Å². The van der Waals surface area contributed by atoms with Crippen LogP contribution in [0.1, 0.15) is 5.69 Å². The van der Waals surface area contributed by atoms with E-state index >= 15 is 0 Å². The lowest BCUT2D eigenvalue weighted by atomic mass is 10.3. The second-order valence-corrected chi connectivity index (χ2v) is 3.34. The zero-order chi connectivity index (χ0) is 10.6. The molecule has 1 aromatic rings. The molecule has 0 aliphatic carbocycles. The minimum Gasteiger partial charge on any atom is -0.359 e. The van der Waals surface area contributed by atoms with Crippen molar-refractivity contribution in [3.05, 3.63) is 11.1 Å². The van der Waals surface area contributed by atoms with E-state index < -0.39 is 6.03 Å². The number of likely N-dealkylation sites (N-methyl/N-ethyl adjacent to an activating group) is 1. The SMILES string of the molecule is CNC(=O)Cc1csc(NC(N)=O)n1. The van der Waals surface area contributed by atoms with Crippen molar-refractivity contribution in [3.63, 3.8) is 0 Å². The van der Waals surface area contributed by atoms with Crippen molar-refractivity contribution in [1.82, 2.24) is 10.3 Å². The van der Waals surface area contributed by atoms with Gasteiger partial charge in [-0.3, -0.25) is 10.1 Å². The Morgan fingerprint density at radius 3 is 2.93 bits per heavy atom. The van der Waals surface area contributed by atoms with Crippen molar-refractivity contribution in [3.8, 4) is 0 Å². The molecule has 0 radical (unpaired) electrons. The molecule has 1 rings (SSSR count). The molecule has 0 aliphatic rings. The van der Waals surface area contributed by atoms with Gasteiger partial charge in [0.05, 0.1) is 12.1 Å². The molecule has 76 valence electrons. The lowest BCUT2D eigenvalue weighted by Gasteiger charge is -1.95. The van der Waals surface area contributed by atoms with Gasteiger partial charge in [0.15, 0.2) is 5.13 Å². The van der Waals surface area contributed by atoms with E-state index in [4.69, 9.17) is 5.73 Å². The molecule has 0 saturated carbocycles. The maximum atomic E-state index is 11.0. The molecule has 6 nitrogen and oxygen atoms in total. The number of hydrogen-bond donors (Lipinski definition) is 3. The van der Waals surface area contributed by atoms with Crippen LogP contribution in [-0.2, 0) is 11.2 Å². The highest BCUT2D eigenvalue weighted by Crippen LogP contribution is 2.15. The first kappa shape index (κ1) is 10.5. The number of nitrogens with two attached hydrogens (primary N) is 1. The average Bonchev–Trinajstić information content (AvgIpc) is 2.51. The molecule has 0 bridgehead atoms. The van der Waals surface area contributed by atoms with Crippen LogP contribution in [0.15, 0.2) is 5.38 Å². The molecule has 14 heavy (non-hydrogen) atoms. The summed E-state index contributed by atoms with van der Waals surface area (Å²) in [5.74, 6) is -0.124. The predicted octanol–water partition coefficient (Wildman–Crippen LogP) is -0.0778. The molecule has 7 heteroatoms. The van der Waals surface area contributed by atoms with Crippen molar-refractivity contribution < 1.29 is 9.59 Å². The molecule has 4 N–H and O–H groups in total. The standard InChI is InChI=1S/C7H10N4O2S/c1-9-5(12)2-4-3-14-7(10-4)11-6(8)13/h3H,2H2,1H3,(H,9,12)(H3,8,10,11,13). The highest BCUT2D eigenvalue weighted by Gasteiger charge is 2.06. The number of amides is 3. The Balaban J connectivity index is 2.59. The second kappa shape index (κ2) is 4.56. The molecular weight excluding hydrogens is 204 g/mol. The number of carbonyl (C=O) groups excluding carboxylic acids is 2. The molecule has 0 fully saturated rings. The summed E-state index contributed by atoms with van der Waals surface area (Å²) in [5.41, 5.74) is 5.51. The maximum Gasteiger partial charge on any atom is 0.318 e. The minimum absolute atomic E-state index is 0.124. The van der Waals surface area contributed by atoms with Crippen molar-refractivity contribution in [2.24, 2.45) is 5.73 Å². The summed E-state index contributed by atoms with van der Waals surface area (Å²) < 4.78 is 0. The van der Waals surface area contributed by atoms with Gasteiger partial charge in [-0.2, -0.15) is 0 Å². The van der Waals surface area contributed by atoms with E-state index in [1.807, 2.05) is 0 Å². The summed E-state index contributed by atoms with van der Waals surface area (Å²) in [7, 11) is 1.55. The number of hydrogen-bond acceptors (Lipinski definition) is 4. The third kappa shape index (κ3) is 3.02. The molecule has 0 aromatic carbocycles. The number of nitrogens with one attached hydrogen (secondary N) is 2. The zero-order valence-corrected chi connectivity index (χ0v) is 8.35. The molecular formula is C7H10N4O2S. The number of primary amides is 1.